The first-order valence-corrected chi connectivity index (χ1v) is 20.5. The van der Waals surface area contributed by atoms with Crippen LogP contribution in [0, 0.1) is 0 Å². The quantitative estimate of drug-likeness (QED) is 0.0653. The molecule has 1 atom stereocenters. The van der Waals surface area contributed by atoms with Crippen molar-refractivity contribution in [2.24, 2.45) is 0 Å². The fraction of sp³-hybridized carbons (Fsp3) is 0.975. The number of rotatable bonds is 40. The molecule has 1 N–H and O–H groups in total. The van der Waals surface area contributed by atoms with Crippen LogP contribution >= 0.6 is 0 Å². The van der Waals surface area contributed by atoms with Gasteiger partial charge in [-0.05, 0) is 25.7 Å². The van der Waals surface area contributed by atoms with E-state index in [-0.39, 0.29) is 12.7 Å². The zero-order valence-electron chi connectivity index (χ0n) is 31.8. The summed E-state index contributed by atoms with van der Waals surface area (Å²) in [6, 6.07) is 0. The molecule has 0 aromatic heterocycles. The van der Waals surface area contributed by atoms with Gasteiger partial charge in [-0.3, -0.25) is 0 Å². The average Bonchev–Trinajstić information content (AvgIpc) is 3.08. The van der Waals surface area contributed by atoms with Crippen molar-refractivity contribution >= 4 is 6.09 Å². The lowest BCUT2D eigenvalue weighted by molar-refractivity contribution is -0.0468. The summed E-state index contributed by atoms with van der Waals surface area (Å²) in [4.78, 5) is 12.3. The minimum Gasteiger partial charge on any atom is -0.447 e. The molecule has 282 valence electrons. The fourth-order valence-corrected chi connectivity index (χ4v) is 5.65. The van der Waals surface area contributed by atoms with Crippen molar-refractivity contribution in [1.29, 1.82) is 0 Å². The monoisotopic (exact) mass is 672 g/mol. The third-order valence-electron chi connectivity index (χ3n) is 8.65. The lowest BCUT2D eigenvalue weighted by atomic mass is 10.1. The average molecular weight is 672 g/mol. The first-order valence-electron chi connectivity index (χ1n) is 20.5. The number of hydrogen-bond acceptors (Lipinski definition) is 6. The Hall–Kier alpha value is -0.890. The van der Waals surface area contributed by atoms with E-state index in [1.165, 1.54) is 141 Å². The van der Waals surface area contributed by atoms with Crippen LogP contribution in [-0.2, 0) is 23.7 Å². The van der Waals surface area contributed by atoms with Crippen molar-refractivity contribution in [1.82, 2.24) is 5.32 Å². The van der Waals surface area contributed by atoms with E-state index in [1.807, 2.05) is 0 Å². The molecule has 0 heterocycles. The standard InChI is InChI=1S/C40H81NO6/c1-4-7-9-11-13-15-17-19-21-23-25-27-32-45-37-39(38-47-40(42)41-30-29-33-44-36-35-43-31-6-3)46-34-28-26-24-22-20-18-16-14-12-10-8-5-2/h39H,4-38H2,1-3H3,(H,41,42). The van der Waals surface area contributed by atoms with E-state index >= 15 is 0 Å². The molecule has 1 amide bonds. The topological polar surface area (TPSA) is 75.3 Å². The number of amides is 1. The molecular weight excluding hydrogens is 590 g/mol. The second-order valence-electron chi connectivity index (χ2n) is 13.4. The second kappa shape index (κ2) is 41.3. The smallest absolute Gasteiger partial charge is 0.407 e. The van der Waals surface area contributed by atoms with Crippen molar-refractivity contribution in [3.8, 4) is 0 Å². The molecule has 0 fully saturated rings. The number of unbranched alkanes of at least 4 members (excludes halogenated alkanes) is 22. The number of hydrogen-bond donors (Lipinski definition) is 1. The molecule has 0 rings (SSSR count). The van der Waals surface area contributed by atoms with Gasteiger partial charge in [0.1, 0.15) is 12.7 Å². The molecular formula is C40H81NO6. The van der Waals surface area contributed by atoms with Gasteiger partial charge >= 0.3 is 6.09 Å². The van der Waals surface area contributed by atoms with Gasteiger partial charge in [-0.1, -0.05) is 162 Å². The number of ether oxygens (including phenoxy) is 5. The Morgan fingerprint density at radius 2 is 0.851 bits per heavy atom. The highest BCUT2D eigenvalue weighted by Crippen LogP contribution is 2.13. The molecule has 0 radical (unpaired) electrons. The van der Waals surface area contributed by atoms with Gasteiger partial charge < -0.3 is 29.0 Å². The maximum atomic E-state index is 12.3. The van der Waals surface area contributed by atoms with Gasteiger partial charge in [0.2, 0.25) is 0 Å². The van der Waals surface area contributed by atoms with Gasteiger partial charge in [-0.15, -0.1) is 0 Å². The van der Waals surface area contributed by atoms with E-state index in [1.54, 1.807) is 0 Å². The number of carbonyl (C=O) groups excluding carboxylic acids is 1. The van der Waals surface area contributed by atoms with E-state index < -0.39 is 6.09 Å². The number of nitrogens with one attached hydrogen (secondary N) is 1. The van der Waals surface area contributed by atoms with E-state index in [2.05, 4.69) is 26.1 Å². The molecule has 1 unspecified atom stereocenters. The Morgan fingerprint density at radius 1 is 0.426 bits per heavy atom. The summed E-state index contributed by atoms with van der Waals surface area (Å²) in [5.74, 6) is 0. The minimum absolute atomic E-state index is 0.216. The summed E-state index contributed by atoms with van der Waals surface area (Å²) in [5.41, 5.74) is 0. The lowest BCUT2D eigenvalue weighted by Gasteiger charge is -2.18. The Labute approximate surface area is 292 Å². The normalized spacial score (nSPS) is 12.1. The molecule has 0 bridgehead atoms. The van der Waals surface area contributed by atoms with Crippen LogP contribution in [0.15, 0.2) is 0 Å². The molecule has 0 aliphatic carbocycles. The van der Waals surface area contributed by atoms with Crippen LogP contribution in [0.1, 0.15) is 188 Å². The molecule has 0 saturated carbocycles. The zero-order chi connectivity index (χ0) is 34.1. The number of alkyl carbamates (subject to hydrolysis) is 1. The summed E-state index contributed by atoms with van der Waals surface area (Å²) in [6.45, 7) is 11.8. The molecule has 47 heavy (non-hydrogen) atoms. The van der Waals surface area contributed by atoms with E-state index in [4.69, 9.17) is 23.7 Å². The van der Waals surface area contributed by atoms with Crippen molar-refractivity contribution in [3.63, 3.8) is 0 Å². The van der Waals surface area contributed by atoms with Crippen molar-refractivity contribution in [3.05, 3.63) is 0 Å². The maximum absolute atomic E-state index is 12.3. The molecule has 7 nitrogen and oxygen atoms in total. The molecule has 0 spiro atoms. The first kappa shape index (κ1) is 46.1. The molecule has 0 aliphatic rings. The number of carbonyl (C=O) groups is 1. The Morgan fingerprint density at radius 3 is 1.34 bits per heavy atom. The highest BCUT2D eigenvalue weighted by atomic mass is 16.6. The Bertz CT molecular complexity index is 593. The van der Waals surface area contributed by atoms with Crippen LogP contribution in [-0.4, -0.2) is 71.6 Å². The molecule has 7 heteroatoms. The van der Waals surface area contributed by atoms with Crippen LogP contribution in [0.4, 0.5) is 4.79 Å². The molecule has 0 aromatic rings. The van der Waals surface area contributed by atoms with Crippen LogP contribution in [0.2, 0.25) is 0 Å². The predicted octanol–water partition coefficient (Wildman–Crippen LogP) is 11.3. The van der Waals surface area contributed by atoms with Gasteiger partial charge in [0.15, 0.2) is 0 Å². The first-order chi connectivity index (χ1) is 23.2. The molecule has 0 aliphatic heterocycles. The molecule has 0 aromatic carbocycles. The van der Waals surface area contributed by atoms with Crippen molar-refractivity contribution < 1.29 is 28.5 Å². The van der Waals surface area contributed by atoms with Gasteiger partial charge in [0.05, 0.1) is 19.8 Å². The maximum Gasteiger partial charge on any atom is 0.407 e. The lowest BCUT2D eigenvalue weighted by Crippen LogP contribution is -2.32. The van der Waals surface area contributed by atoms with E-state index in [9.17, 15) is 4.79 Å². The predicted molar refractivity (Wildman–Crippen MR) is 199 cm³/mol. The highest BCUT2D eigenvalue weighted by molar-refractivity contribution is 5.67. The second-order valence-corrected chi connectivity index (χ2v) is 13.4. The van der Waals surface area contributed by atoms with Crippen molar-refractivity contribution in [2.75, 3.05) is 59.4 Å². The Kier molecular flexibility index (Phi) is 40.5. The summed E-state index contributed by atoms with van der Waals surface area (Å²) < 4.78 is 28.5. The SMILES string of the molecule is CCCCCCCCCCCCCCOCC(COC(=O)NCCCOCCOCCC)OCCCCCCCCCCCCCC. The van der Waals surface area contributed by atoms with Gasteiger partial charge in [0, 0.05) is 33.0 Å². The van der Waals surface area contributed by atoms with Crippen LogP contribution in [0.5, 0.6) is 0 Å². The summed E-state index contributed by atoms with van der Waals surface area (Å²) >= 11 is 0. The van der Waals surface area contributed by atoms with Gasteiger partial charge in [0.25, 0.3) is 0 Å². The van der Waals surface area contributed by atoms with E-state index in [0.717, 1.165) is 38.9 Å². The zero-order valence-corrected chi connectivity index (χ0v) is 31.8. The van der Waals surface area contributed by atoms with Crippen molar-refractivity contribution in [2.45, 2.75) is 194 Å². The molecule has 0 saturated heterocycles. The van der Waals surface area contributed by atoms with Crippen LogP contribution < -0.4 is 5.32 Å². The van der Waals surface area contributed by atoms with Gasteiger partial charge in [-0.2, -0.15) is 0 Å². The Balaban J connectivity index is 4.04. The minimum atomic E-state index is -0.406. The summed E-state index contributed by atoms with van der Waals surface area (Å²) in [7, 11) is 0. The summed E-state index contributed by atoms with van der Waals surface area (Å²) in [6.07, 6.45) is 33.0. The van der Waals surface area contributed by atoms with Gasteiger partial charge in [-0.25, -0.2) is 4.79 Å². The summed E-state index contributed by atoms with van der Waals surface area (Å²) in [5, 5.41) is 2.82. The van der Waals surface area contributed by atoms with Crippen LogP contribution in [0.3, 0.4) is 0 Å². The van der Waals surface area contributed by atoms with E-state index in [0.29, 0.717) is 39.6 Å². The highest BCUT2D eigenvalue weighted by Gasteiger charge is 2.13. The third kappa shape index (κ3) is 39.4. The fourth-order valence-electron chi connectivity index (χ4n) is 5.65. The largest absolute Gasteiger partial charge is 0.447 e. The van der Waals surface area contributed by atoms with Crippen LogP contribution in [0.25, 0.3) is 0 Å². The third-order valence-corrected chi connectivity index (χ3v) is 8.65.